The van der Waals surface area contributed by atoms with Crippen LogP contribution in [-0.4, -0.2) is 30.2 Å². The number of rotatable bonds is 9. The Bertz CT molecular complexity index is 349. The van der Waals surface area contributed by atoms with Crippen LogP contribution in [0.3, 0.4) is 0 Å². The molecule has 0 aliphatic heterocycles. The molecular weight excluding hydrogens is 282 g/mol. The Morgan fingerprint density at radius 2 is 1.68 bits per heavy atom. The molecule has 0 bridgehead atoms. The fourth-order valence-electron chi connectivity index (χ4n) is 2.09. The molecule has 5 heteroatoms. The van der Waals surface area contributed by atoms with Gasteiger partial charge in [-0.05, 0) is 46.5 Å². The normalized spacial score (nSPS) is 15.8. The molecule has 0 saturated heterocycles. The second-order valence-corrected chi connectivity index (χ2v) is 6.82. The molecule has 3 atom stereocenters. The molecule has 0 heterocycles. The molecule has 0 aromatic carbocycles. The van der Waals surface area contributed by atoms with Crippen molar-refractivity contribution in [2.75, 3.05) is 6.61 Å². The van der Waals surface area contributed by atoms with Crippen molar-refractivity contribution in [1.82, 2.24) is 0 Å². The Kier molecular flexibility index (Phi) is 9.33. The van der Waals surface area contributed by atoms with Crippen molar-refractivity contribution in [3.63, 3.8) is 0 Å². The quantitative estimate of drug-likeness (QED) is 0.522. The van der Waals surface area contributed by atoms with Crippen molar-refractivity contribution in [1.29, 1.82) is 0 Å². The van der Waals surface area contributed by atoms with E-state index in [9.17, 15) is 9.59 Å². The topological polar surface area (TPSA) is 78.6 Å². The van der Waals surface area contributed by atoms with E-state index in [1.807, 2.05) is 0 Å². The molecule has 0 aliphatic carbocycles. The predicted molar refractivity (Wildman–Crippen MR) is 87.2 cm³/mol. The lowest BCUT2D eigenvalue weighted by Crippen LogP contribution is -2.34. The van der Waals surface area contributed by atoms with Crippen LogP contribution in [0.25, 0.3) is 0 Å². The van der Waals surface area contributed by atoms with Crippen molar-refractivity contribution in [3.05, 3.63) is 0 Å². The molecule has 5 nitrogen and oxygen atoms in total. The summed E-state index contributed by atoms with van der Waals surface area (Å²) in [6, 6.07) is 0.0893. The molecule has 0 fully saturated rings. The Balaban J connectivity index is 4.61. The number of nitrogens with two attached hydrogens (primary N) is 1. The van der Waals surface area contributed by atoms with Gasteiger partial charge in [0.25, 0.3) is 0 Å². The lowest BCUT2D eigenvalue weighted by Gasteiger charge is -2.24. The number of hydrogen-bond acceptors (Lipinski definition) is 5. The van der Waals surface area contributed by atoms with Crippen LogP contribution >= 0.6 is 0 Å². The van der Waals surface area contributed by atoms with Gasteiger partial charge in [0.1, 0.15) is 5.60 Å². The summed E-state index contributed by atoms with van der Waals surface area (Å²) in [4.78, 5) is 24.2. The minimum atomic E-state index is -0.858. The second kappa shape index (κ2) is 9.82. The van der Waals surface area contributed by atoms with Crippen molar-refractivity contribution in [2.45, 2.75) is 78.9 Å². The van der Waals surface area contributed by atoms with Crippen LogP contribution in [0.5, 0.6) is 0 Å². The Morgan fingerprint density at radius 3 is 2.14 bits per heavy atom. The molecule has 2 N–H and O–H groups in total. The van der Waals surface area contributed by atoms with Gasteiger partial charge >= 0.3 is 11.9 Å². The second-order valence-electron chi connectivity index (χ2n) is 6.82. The first-order valence-corrected chi connectivity index (χ1v) is 8.27. The third-order valence-corrected chi connectivity index (χ3v) is 3.67. The maximum atomic E-state index is 12.2. The van der Waals surface area contributed by atoms with Crippen LogP contribution in [0.2, 0.25) is 0 Å². The van der Waals surface area contributed by atoms with E-state index in [-0.39, 0.29) is 12.6 Å². The van der Waals surface area contributed by atoms with Crippen molar-refractivity contribution < 1.29 is 19.1 Å². The third kappa shape index (κ3) is 8.37. The molecular formula is C17H33NO4. The van der Waals surface area contributed by atoms with E-state index >= 15 is 0 Å². The Hall–Kier alpha value is -1.10. The van der Waals surface area contributed by atoms with Gasteiger partial charge in [0, 0.05) is 6.04 Å². The standard InChI is InChI=1S/C17H33NO4/c1-7-12(3)14(18)11-9-10-13(15(19)21-8-2)16(20)22-17(4,5)6/h12-14H,7-11,18H2,1-6H3/t12?,13-,14?/m1/s1. The van der Waals surface area contributed by atoms with E-state index in [0.717, 1.165) is 12.8 Å². The fourth-order valence-corrected chi connectivity index (χ4v) is 2.09. The highest BCUT2D eigenvalue weighted by Crippen LogP contribution is 2.19. The molecule has 0 amide bonds. The van der Waals surface area contributed by atoms with Crippen LogP contribution in [-0.2, 0) is 19.1 Å². The van der Waals surface area contributed by atoms with E-state index in [1.165, 1.54) is 0 Å². The highest BCUT2D eigenvalue weighted by molar-refractivity contribution is 5.95. The van der Waals surface area contributed by atoms with Crippen LogP contribution in [0.4, 0.5) is 0 Å². The summed E-state index contributed by atoms with van der Waals surface area (Å²) in [5, 5.41) is 0. The number of carbonyl (C=O) groups excluding carboxylic acids is 2. The van der Waals surface area contributed by atoms with Gasteiger partial charge in [0.2, 0.25) is 0 Å². The summed E-state index contributed by atoms with van der Waals surface area (Å²) in [7, 11) is 0. The highest BCUT2D eigenvalue weighted by atomic mass is 16.6. The van der Waals surface area contributed by atoms with E-state index in [2.05, 4.69) is 13.8 Å². The Morgan fingerprint density at radius 1 is 1.09 bits per heavy atom. The van der Waals surface area contributed by atoms with Gasteiger partial charge in [-0.25, -0.2) is 0 Å². The number of carbonyl (C=O) groups is 2. The van der Waals surface area contributed by atoms with Gasteiger partial charge in [-0.3, -0.25) is 9.59 Å². The largest absolute Gasteiger partial charge is 0.465 e. The third-order valence-electron chi connectivity index (χ3n) is 3.67. The van der Waals surface area contributed by atoms with Gasteiger partial charge in [-0.15, -0.1) is 0 Å². The van der Waals surface area contributed by atoms with Gasteiger partial charge in [-0.1, -0.05) is 26.7 Å². The van der Waals surface area contributed by atoms with Crippen LogP contribution in [0.15, 0.2) is 0 Å². The Labute approximate surface area is 134 Å². The lowest BCUT2D eigenvalue weighted by atomic mass is 9.93. The monoisotopic (exact) mass is 315 g/mol. The number of hydrogen-bond donors (Lipinski definition) is 1. The van der Waals surface area contributed by atoms with Gasteiger partial charge in [-0.2, -0.15) is 0 Å². The summed E-state index contributed by atoms with van der Waals surface area (Å²) >= 11 is 0. The summed E-state index contributed by atoms with van der Waals surface area (Å²) in [5.74, 6) is -1.44. The van der Waals surface area contributed by atoms with E-state index in [1.54, 1.807) is 27.7 Å². The van der Waals surface area contributed by atoms with Crippen molar-refractivity contribution in [2.24, 2.45) is 17.6 Å². The molecule has 0 radical (unpaired) electrons. The van der Waals surface area contributed by atoms with Crippen molar-refractivity contribution in [3.8, 4) is 0 Å². The molecule has 0 aliphatic rings. The molecule has 0 aromatic heterocycles. The summed E-state index contributed by atoms with van der Waals surface area (Å²) in [6.07, 6.45) is 2.92. The fraction of sp³-hybridized carbons (Fsp3) is 0.882. The SMILES string of the molecule is CCOC(=O)[C@@H](CCCC(N)C(C)CC)C(=O)OC(C)(C)C. The summed E-state index contributed by atoms with van der Waals surface area (Å²) < 4.78 is 10.3. The van der Waals surface area contributed by atoms with Crippen LogP contribution in [0, 0.1) is 11.8 Å². The molecule has 130 valence electrons. The summed E-state index contributed by atoms with van der Waals surface area (Å²) in [5.41, 5.74) is 5.48. The molecule has 0 rings (SSSR count). The average molecular weight is 315 g/mol. The van der Waals surface area contributed by atoms with Gasteiger partial charge in [0.15, 0.2) is 5.92 Å². The predicted octanol–water partition coefficient (Wildman–Crippen LogP) is 3.05. The zero-order valence-corrected chi connectivity index (χ0v) is 15.0. The first-order valence-electron chi connectivity index (χ1n) is 8.27. The lowest BCUT2D eigenvalue weighted by molar-refractivity contribution is -0.169. The minimum Gasteiger partial charge on any atom is -0.465 e. The van der Waals surface area contributed by atoms with Gasteiger partial charge in [0.05, 0.1) is 6.61 Å². The van der Waals surface area contributed by atoms with E-state index < -0.39 is 23.5 Å². The van der Waals surface area contributed by atoms with E-state index in [0.29, 0.717) is 18.8 Å². The first kappa shape index (κ1) is 20.9. The van der Waals surface area contributed by atoms with Crippen LogP contribution < -0.4 is 5.73 Å². The molecule has 0 saturated carbocycles. The molecule has 0 aromatic rings. The number of esters is 2. The first-order chi connectivity index (χ1) is 10.1. The van der Waals surface area contributed by atoms with Gasteiger partial charge < -0.3 is 15.2 Å². The number of ether oxygens (including phenoxy) is 2. The zero-order valence-electron chi connectivity index (χ0n) is 15.0. The highest BCUT2D eigenvalue weighted by Gasteiger charge is 2.32. The smallest absolute Gasteiger partial charge is 0.320 e. The minimum absolute atomic E-state index is 0.0893. The van der Waals surface area contributed by atoms with Crippen LogP contribution in [0.1, 0.15) is 67.2 Å². The molecule has 0 spiro atoms. The van der Waals surface area contributed by atoms with E-state index in [4.69, 9.17) is 15.2 Å². The average Bonchev–Trinajstić information content (AvgIpc) is 2.40. The maximum Gasteiger partial charge on any atom is 0.320 e. The maximum absolute atomic E-state index is 12.2. The molecule has 22 heavy (non-hydrogen) atoms. The zero-order chi connectivity index (χ0) is 17.3. The molecule has 2 unspecified atom stereocenters. The summed E-state index contributed by atoms with van der Waals surface area (Å²) in [6.45, 7) is 11.5. The van der Waals surface area contributed by atoms with Crippen molar-refractivity contribution >= 4 is 11.9 Å².